The Labute approximate surface area is 166 Å². The maximum absolute atomic E-state index is 12.1. The third-order valence-electron chi connectivity index (χ3n) is 7.35. The second-order valence-electron chi connectivity index (χ2n) is 8.74. The van der Waals surface area contributed by atoms with Crippen molar-refractivity contribution in [1.29, 1.82) is 0 Å². The lowest BCUT2D eigenvalue weighted by atomic mass is 9.66. The molecule has 1 saturated carbocycles. The number of hydrogen-bond acceptors (Lipinski definition) is 5. The van der Waals surface area contributed by atoms with Crippen LogP contribution in [0, 0.1) is 5.92 Å². The standard InChI is InChI=1S/C20H31N2O5P/c1-21-14-10-20-8-7-18(28(24,25)26)16(11-20)19(23)17(22(20)12-14)9-13-3-5-15(27-2)6-4-13/h3-6,14,16-19,21,23H,7-12H2,1-2H3,(H2,24,25,26)/t14-,16?,17?,18?,19?,20?/m0/s1. The Bertz CT molecular complexity index is 753. The van der Waals surface area contributed by atoms with E-state index in [1.54, 1.807) is 7.11 Å². The maximum atomic E-state index is 12.1. The van der Waals surface area contributed by atoms with Crippen molar-refractivity contribution in [2.75, 3.05) is 20.7 Å². The highest BCUT2D eigenvalue weighted by Crippen LogP contribution is 2.59. The van der Waals surface area contributed by atoms with Gasteiger partial charge in [0.1, 0.15) is 5.75 Å². The van der Waals surface area contributed by atoms with Crippen LogP contribution in [-0.2, 0) is 11.0 Å². The van der Waals surface area contributed by atoms with Gasteiger partial charge in [-0.15, -0.1) is 0 Å². The molecular formula is C20H31N2O5P. The number of ether oxygens (including phenoxy) is 1. The van der Waals surface area contributed by atoms with Crippen LogP contribution >= 0.6 is 7.60 Å². The highest BCUT2D eigenvalue weighted by Gasteiger charge is 2.61. The predicted octanol–water partition coefficient (Wildman–Crippen LogP) is 1.36. The van der Waals surface area contributed by atoms with Gasteiger partial charge >= 0.3 is 7.60 Å². The first-order valence-electron chi connectivity index (χ1n) is 10.1. The number of fused-ring (bicyclic) bond motifs is 1. The van der Waals surface area contributed by atoms with Crippen LogP contribution in [0.1, 0.15) is 31.2 Å². The van der Waals surface area contributed by atoms with Gasteiger partial charge in [0.15, 0.2) is 0 Å². The van der Waals surface area contributed by atoms with Crippen molar-refractivity contribution in [3.05, 3.63) is 29.8 Å². The van der Waals surface area contributed by atoms with Crippen LogP contribution in [0.4, 0.5) is 0 Å². The van der Waals surface area contributed by atoms with Gasteiger partial charge in [0.05, 0.1) is 18.9 Å². The Morgan fingerprint density at radius 3 is 2.61 bits per heavy atom. The van der Waals surface area contributed by atoms with Gasteiger partial charge in [-0.2, -0.15) is 0 Å². The van der Waals surface area contributed by atoms with Crippen molar-refractivity contribution in [2.45, 2.75) is 61.5 Å². The second kappa shape index (κ2) is 7.38. The molecule has 2 heterocycles. The molecule has 8 heteroatoms. The molecule has 3 aliphatic rings. The van der Waals surface area contributed by atoms with Crippen LogP contribution in [0.5, 0.6) is 5.75 Å². The van der Waals surface area contributed by atoms with E-state index in [0.717, 1.165) is 30.7 Å². The SMILES string of the molecule is CN[C@@H]1CN2C(Cc3ccc(OC)cc3)C(O)C3CC2(CCC3P(=O)(O)O)C1. The molecule has 0 radical (unpaired) electrons. The fraction of sp³-hybridized carbons (Fsp3) is 0.700. The highest BCUT2D eigenvalue weighted by atomic mass is 31.2. The first kappa shape index (κ1) is 20.3. The summed E-state index contributed by atoms with van der Waals surface area (Å²) in [6.07, 6.45) is 2.82. The van der Waals surface area contributed by atoms with Crippen LogP contribution in [0.25, 0.3) is 0 Å². The van der Waals surface area contributed by atoms with E-state index in [1.807, 2.05) is 31.3 Å². The number of likely N-dealkylation sites (N-methyl/N-ethyl adjacent to an activating group) is 1. The molecule has 6 atom stereocenters. The van der Waals surface area contributed by atoms with Crippen molar-refractivity contribution in [1.82, 2.24) is 10.2 Å². The summed E-state index contributed by atoms with van der Waals surface area (Å²) in [5, 5.41) is 14.6. The number of benzene rings is 1. The summed E-state index contributed by atoms with van der Waals surface area (Å²) in [4.78, 5) is 22.2. The average Bonchev–Trinajstić information content (AvgIpc) is 3.02. The molecule has 1 aromatic rings. The van der Waals surface area contributed by atoms with Gasteiger partial charge < -0.3 is 24.9 Å². The van der Waals surface area contributed by atoms with Crippen molar-refractivity contribution >= 4 is 7.60 Å². The fourth-order valence-corrected chi connectivity index (χ4v) is 7.22. The summed E-state index contributed by atoms with van der Waals surface area (Å²) in [7, 11) is -0.636. The van der Waals surface area contributed by atoms with Crippen LogP contribution in [-0.4, -0.2) is 69.9 Å². The van der Waals surface area contributed by atoms with Crippen LogP contribution in [0.15, 0.2) is 24.3 Å². The monoisotopic (exact) mass is 410 g/mol. The van der Waals surface area contributed by atoms with Gasteiger partial charge in [-0.3, -0.25) is 9.46 Å². The molecule has 0 aromatic heterocycles. The van der Waals surface area contributed by atoms with E-state index < -0.39 is 19.4 Å². The van der Waals surface area contributed by atoms with E-state index in [1.165, 1.54) is 0 Å². The zero-order valence-corrected chi connectivity index (χ0v) is 17.4. The Balaban J connectivity index is 1.66. The minimum Gasteiger partial charge on any atom is -0.497 e. The number of hydrogen-bond donors (Lipinski definition) is 4. The molecule has 1 spiro atoms. The molecule has 1 aromatic carbocycles. The van der Waals surface area contributed by atoms with Gasteiger partial charge in [0.2, 0.25) is 0 Å². The lowest BCUT2D eigenvalue weighted by molar-refractivity contribution is -0.107. The van der Waals surface area contributed by atoms with Crippen molar-refractivity contribution in [2.24, 2.45) is 5.92 Å². The van der Waals surface area contributed by atoms with E-state index in [-0.39, 0.29) is 17.5 Å². The summed E-state index contributed by atoms with van der Waals surface area (Å²) in [6.45, 7) is 0.863. The molecule has 0 amide bonds. The fourth-order valence-electron chi connectivity index (χ4n) is 5.98. The molecule has 28 heavy (non-hydrogen) atoms. The number of nitrogens with zero attached hydrogens (tertiary/aromatic N) is 1. The summed E-state index contributed by atoms with van der Waals surface area (Å²) in [6, 6.07) is 8.05. The average molecular weight is 410 g/mol. The lowest BCUT2D eigenvalue weighted by Crippen LogP contribution is -2.66. The van der Waals surface area contributed by atoms with E-state index in [4.69, 9.17) is 4.74 Å². The number of methoxy groups -OCH3 is 1. The van der Waals surface area contributed by atoms with Gasteiger partial charge in [0.25, 0.3) is 0 Å². The van der Waals surface area contributed by atoms with Gasteiger partial charge in [0, 0.05) is 30.1 Å². The Morgan fingerprint density at radius 1 is 1.29 bits per heavy atom. The highest BCUT2D eigenvalue weighted by molar-refractivity contribution is 7.52. The van der Waals surface area contributed by atoms with Gasteiger partial charge in [-0.05, 0) is 56.8 Å². The summed E-state index contributed by atoms with van der Waals surface area (Å²) in [5.74, 6) is 0.434. The molecule has 3 fully saturated rings. The second-order valence-corrected chi connectivity index (χ2v) is 10.6. The first-order valence-corrected chi connectivity index (χ1v) is 11.8. The van der Waals surface area contributed by atoms with Gasteiger partial charge in [-0.25, -0.2) is 0 Å². The molecule has 2 saturated heterocycles. The Morgan fingerprint density at radius 2 is 2.00 bits per heavy atom. The summed E-state index contributed by atoms with van der Waals surface area (Å²) >= 11 is 0. The molecule has 4 rings (SSSR count). The first-order chi connectivity index (χ1) is 13.3. The van der Waals surface area contributed by atoms with E-state index in [0.29, 0.717) is 25.3 Å². The van der Waals surface area contributed by atoms with Gasteiger partial charge in [-0.1, -0.05) is 12.1 Å². The quantitative estimate of drug-likeness (QED) is 0.544. The predicted molar refractivity (Wildman–Crippen MR) is 107 cm³/mol. The van der Waals surface area contributed by atoms with Crippen LogP contribution < -0.4 is 10.1 Å². The maximum Gasteiger partial charge on any atom is 0.328 e. The van der Waals surface area contributed by atoms with E-state index in [9.17, 15) is 19.5 Å². The Hall–Kier alpha value is -0.950. The zero-order chi connectivity index (χ0) is 20.1. The van der Waals surface area contributed by atoms with E-state index in [2.05, 4.69) is 10.2 Å². The molecule has 156 valence electrons. The third-order valence-corrected chi connectivity index (χ3v) is 8.85. The number of aliphatic hydroxyl groups excluding tert-OH is 1. The minimum atomic E-state index is -4.24. The Kier molecular flexibility index (Phi) is 5.36. The number of rotatable bonds is 5. The third kappa shape index (κ3) is 3.42. The summed E-state index contributed by atoms with van der Waals surface area (Å²) < 4.78 is 17.4. The van der Waals surface area contributed by atoms with Crippen molar-refractivity contribution in [3.8, 4) is 5.75 Å². The molecule has 5 unspecified atom stereocenters. The van der Waals surface area contributed by atoms with Crippen molar-refractivity contribution < 1.29 is 24.2 Å². The molecule has 2 bridgehead atoms. The number of nitrogens with one attached hydrogen (secondary N) is 1. The van der Waals surface area contributed by atoms with Crippen LogP contribution in [0.3, 0.4) is 0 Å². The minimum absolute atomic E-state index is 0.0691. The molecule has 2 aliphatic heterocycles. The topological polar surface area (TPSA) is 102 Å². The van der Waals surface area contributed by atoms with Crippen LogP contribution in [0.2, 0.25) is 0 Å². The lowest BCUT2D eigenvalue weighted by Gasteiger charge is -2.57. The molecule has 1 aliphatic carbocycles. The number of aliphatic hydroxyl groups is 1. The molecule has 4 N–H and O–H groups in total. The summed E-state index contributed by atoms with van der Waals surface area (Å²) in [5.41, 5.74) is 0.295. The normalized spacial score (nSPS) is 38.2. The smallest absolute Gasteiger partial charge is 0.328 e. The van der Waals surface area contributed by atoms with E-state index >= 15 is 0 Å². The molecule has 7 nitrogen and oxygen atoms in total. The zero-order valence-electron chi connectivity index (χ0n) is 16.5. The largest absolute Gasteiger partial charge is 0.497 e. The van der Waals surface area contributed by atoms with Crippen molar-refractivity contribution in [3.63, 3.8) is 0 Å². The molecular weight excluding hydrogens is 379 g/mol. The number of piperidine rings is 1.